The van der Waals surface area contributed by atoms with Crippen LogP contribution in [0.25, 0.3) is 0 Å². The molecule has 94 valence electrons. The van der Waals surface area contributed by atoms with Crippen LogP contribution in [0.2, 0.25) is 10.0 Å². The van der Waals surface area contributed by atoms with Crippen molar-refractivity contribution in [1.82, 2.24) is 0 Å². The number of anilines is 1. The molecule has 4 nitrogen and oxygen atoms in total. The molecular weight excluding hydrogens is 277 g/mol. The van der Waals surface area contributed by atoms with Crippen molar-refractivity contribution < 1.29 is 14.0 Å². The second-order valence-electron chi connectivity index (χ2n) is 3.36. The molecule has 1 heterocycles. The summed E-state index contributed by atoms with van der Waals surface area (Å²) in [6.45, 7) is 0. The summed E-state index contributed by atoms with van der Waals surface area (Å²) in [4.78, 5) is 17.1. The summed E-state index contributed by atoms with van der Waals surface area (Å²) in [6, 6.07) is 7.91. The van der Waals surface area contributed by atoms with E-state index in [-0.39, 0.29) is 5.76 Å². The van der Waals surface area contributed by atoms with Crippen LogP contribution in [0.1, 0.15) is 10.6 Å². The van der Waals surface area contributed by atoms with Gasteiger partial charge in [0.2, 0.25) is 0 Å². The van der Waals surface area contributed by atoms with E-state index < -0.39 is 5.91 Å². The molecule has 0 spiro atoms. The highest BCUT2D eigenvalue weighted by molar-refractivity contribution is 6.42. The molecule has 0 fully saturated rings. The molecule has 0 bridgehead atoms. The molecule has 0 radical (unpaired) electrons. The fraction of sp³-hybridized carbons (Fsp3) is 0.0833. The molecule has 0 saturated heterocycles. The van der Waals surface area contributed by atoms with Crippen LogP contribution in [0.5, 0.6) is 0 Å². The molecule has 0 aliphatic rings. The van der Waals surface area contributed by atoms with Gasteiger partial charge >= 0.3 is 5.91 Å². The Kier molecular flexibility index (Phi) is 3.91. The van der Waals surface area contributed by atoms with Gasteiger partial charge in [-0.2, -0.15) is 5.06 Å². The van der Waals surface area contributed by atoms with Crippen LogP contribution >= 0.6 is 23.2 Å². The molecule has 0 unspecified atom stereocenters. The van der Waals surface area contributed by atoms with Crippen LogP contribution in [0.3, 0.4) is 0 Å². The second-order valence-corrected chi connectivity index (χ2v) is 4.17. The maximum Gasteiger partial charge on any atom is 0.317 e. The Morgan fingerprint density at radius 2 is 2.06 bits per heavy atom. The number of benzene rings is 1. The third-order valence-corrected chi connectivity index (χ3v) is 2.98. The number of rotatable bonds is 3. The Bertz CT molecular complexity index is 554. The van der Waals surface area contributed by atoms with Crippen LogP contribution < -0.4 is 5.06 Å². The van der Waals surface area contributed by atoms with E-state index in [9.17, 15) is 4.79 Å². The number of carbonyl (C=O) groups excluding carboxylic acids is 1. The molecule has 1 aromatic heterocycles. The average Bonchev–Trinajstić information content (AvgIpc) is 2.88. The first-order chi connectivity index (χ1) is 8.63. The van der Waals surface area contributed by atoms with Crippen molar-refractivity contribution in [3.8, 4) is 0 Å². The molecule has 0 saturated carbocycles. The van der Waals surface area contributed by atoms with E-state index in [4.69, 9.17) is 32.5 Å². The van der Waals surface area contributed by atoms with E-state index in [0.717, 1.165) is 5.06 Å². The van der Waals surface area contributed by atoms with E-state index in [0.29, 0.717) is 15.7 Å². The summed E-state index contributed by atoms with van der Waals surface area (Å²) in [5.74, 6) is -0.260. The van der Waals surface area contributed by atoms with E-state index in [1.165, 1.54) is 19.4 Å². The zero-order chi connectivity index (χ0) is 13.1. The molecule has 6 heteroatoms. The maximum atomic E-state index is 12.1. The van der Waals surface area contributed by atoms with Gasteiger partial charge in [0.05, 0.1) is 29.1 Å². The van der Waals surface area contributed by atoms with Gasteiger partial charge in [0, 0.05) is 0 Å². The van der Waals surface area contributed by atoms with Crippen LogP contribution in [-0.2, 0) is 4.84 Å². The van der Waals surface area contributed by atoms with Crippen molar-refractivity contribution in [3.05, 3.63) is 52.4 Å². The molecule has 18 heavy (non-hydrogen) atoms. The van der Waals surface area contributed by atoms with Crippen LogP contribution in [-0.4, -0.2) is 13.0 Å². The largest absolute Gasteiger partial charge is 0.459 e. The molecular formula is C12H9Cl2NO3. The molecule has 1 aromatic carbocycles. The number of nitrogens with zero attached hydrogens (tertiary/aromatic N) is 1. The predicted octanol–water partition coefficient (Wildman–Crippen LogP) is 3.79. The van der Waals surface area contributed by atoms with Crippen molar-refractivity contribution in [2.75, 3.05) is 12.2 Å². The van der Waals surface area contributed by atoms with Gasteiger partial charge in [0.1, 0.15) is 0 Å². The van der Waals surface area contributed by atoms with Crippen molar-refractivity contribution in [2.45, 2.75) is 0 Å². The summed E-state index contributed by atoms with van der Waals surface area (Å²) in [6.07, 6.45) is 1.41. The Balaban J connectivity index is 2.33. The van der Waals surface area contributed by atoms with Gasteiger partial charge in [-0.05, 0) is 30.3 Å². The SMILES string of the molecule is CON(C(=O)c1ccco1)c1ccc(Cl)c(Cl)c1. The van der Waals surface area contributed by atoms with Crippen LogP contribution in [0.15, 0.2) is 41.0 Å². The normalized spacial score (nSPS) is 10.4. The molecule has 0 aliphatic heterocycles. The predicted molar refractivity (Wildman–Crippen MR) is 69.0 cm³/mol. The lowest BCUT2D eigenvalue weighted by Crippen LogP contribution is -2.29. The first-order valence-electron chi connectivity index (χ1n) is 5.00. The summed E-state index contributed by atoms with van der Waals surface area (Å²) >= 11 is 11.7. The number of halogens is 2. The lowest BCUT2D eigenvalue weighted by Gasteiger charge is -2.18. The summed E-state index contributed by atoms with van der Waals surface area (Å²) < 4.78 is 5.02. The molecule has 1 amide bonds. The molecule has 0 N–H and O–H groups in total. The fourth-order valence-electron chi connectivity index (χ4n) is 1.42. The summed E-state index contributed by atoms with van der Waals surface area (Å²) in [7, 11) is 1.38. The highest BCUT2D eigenvalue weighted by Crippen LogP contribution is 2.28. The Morgan fingerprint density at radius 3 is 2.61 bits per heavy atom. The van der Waals surface area contributed by atoms with E-state index in [1.54, 1.807) is 24.3 Å². The Labute approximate surface area is 114 Å². The second kappa shape index (κ2) is 5.44. The number of furan rings is 1. The van der Waals surface area contributed by atoms with Crippen molar-refractivity contribution in [2.24, 2.45) is 0 Å². The zero-order valence-corrected chi connectivity index (χ0v) is 10.9. The third-order valence-electron chi connectivity index (χ3n) is 2.24. The van der Waals surface area contributed by atoms with Gasteiger partial charge < -0.3 is 4.42 Å². The average molecular weight is 286 g/mol. The van der Waals surface area contributed by atoms with Gasteiger partial charge in [-0.1, -0.05) is 23.2 Å². The third kappa shape index (κ3) is 2.51. The lowest BCUT2D eigenvalue weighted by atomic mass is 10.3. The number of amides is 1. The smallest absolute Gasteiger partial charge is 0.317 e. The number of carbonyl (C=O) groups is 1. The Hall–Kier alpha value is -1.49. The molecule has 0 atom stereocenters. The minimum absolute atomic E-state index is 0.169. The lowest BCUT2D eigenvalue weighted by molar-refractivity contribution is 0.0745. The summed E-state index contributed by atoms with van der Waals surface area (Å²) in [5, 5.41) is 1.81. The van der Waals surface area contributed by atoms with Gasteiger partial charge in [-0.15, -0.1) is 0 Å². The minimum atomic E-state index is -0.430. The van der Waals surface area contributed by atoms with Gasteiger partial charge in [-0.3, -0.25) is 9.63 Å². The Morgan fingerprint density at radius 1 is 1.28 bits per heavy atom. The van der Waals surface area contributed by atoms with E-state index >= 15 is 0 Å². The van der Waals surface area contributed by atoms with Gasteiger partial charge in [-0.25, -0.2) is 0 Å². The number of hydroxylamine groups is 1. The first-order valence-corrected chi connectivity index (χ1v) is 5.76. The van der Waals surface area contributed by atoms with Crippen molar-refractivity contribution >= 4 is 34.8 Å². The zero-order valence-electron chi connectivity index (χ0n) is 9.39. The van der Waals surface area contributed by atoms with Crippen molar-refractivity contribution in [3.63, 3.8) is 0 Å². The fourth-order valence-corrected chi connectivity index (χ4v) is 1.71. The first kappa shape index (κ1) is 13.0. The highest BCUT2D eigenvalue weighted by atomic mass is 35.5. The summed E-state index contributed by atoms with van der Waals surface area (Å²) in [5.41, 5.74) is 0.466. The van der Waals surface area contributed by atoms with Gasteiger partial charge in [0.25, 0.3) is 0 Å². The quantitative estimate of drug-likeness (QED) is 0.806. The van der Waals surface area contributed by atoms with E-state index in [2.05, 4.69) is 0 Å². The topological polar surface area (TPSA) is 42.7 Å². The molecule has 2 aromatic rings. The standard InChI is InChI=1S/C12H9Cl2NO3/c1-17-15(12(16)11-3-2-6-18-11)8-4-5-9(13)10(14)7-8/h2-7H,1H3. The highest BCUT2D eigenvalue weighted by Gasteiger charge is 2.20. The van der Waals surface area contributed by atoms with Gasteiger partial charge in [0.15, 0.2) is 5.76 Å². The molecule has 0 aliphatic carbocycles. The molecule has 2 rings (SSSR count). The van der Waals surface area contributed by atoms with Crippen LogP contribution in [0, 0.1) is 0 Å². The monoisotopic (exact) mass is 285 g/mol. The maximum absolute atomic E-state index is 12.1. The van der Waals surface area contributed by atoms with Crippen LogP contribution in [0.4, 0.5) is 5.69 Å². The number of hydrogen-bond donors (Lipinski definition) is 0. The van der Waals surface area contributed by atoms with Crippen molar-refractivity contribution in [1.29, 1.82) is 0 Å². The van der Waals surface area contributed by atoms with E-state index in [1.807, 2.05) is 0 Å². The minimum Gasteiger partial charge on any atom is -0.459 e. The number of hydrogen-bond acceptors (Lipinski definition) is 3.